The van der Waals surface area contributed by atoms with Crippen LogP contribution in [-0.2, 0) is 24.3 Å². The molecule has 0 unspecified atom stereocenters. The number of Topliss-reactive ketones (excluding diaryl/α,β-unsaturated/α-hetero) is 1. The molecule has 4 rings (SSSR count). The summed E-state index contributed by atoms with van der Waals surface area (Å²) in [6.07, 6.45) is 2.10. The second-order valence-corrected chi connectivity index (χ2v) is 10.9. The molecule has 11 heteroatoms. The number of ketones is 1. The third-order valence-corrected chi connectivity index (χ3v) is 8.86. The van der Waals surface area contributed by atoms with Crippen molar-refractivity contribution in [3.8, 4) is 0 Å². The van der Waals surface area contributed by atoms with E-state index in [4.69, 9.17) is 9.15 Å². The monoisotopic (exact) mass is 531 g/mol. The number of likely N-dealkylation sites (tertiary alicyclic amines) is 1. The number of aliphatic hydroxyl groups excluding tert-OH is 1. The van der Waals surface area contributed by atoms with E-state index in [1.165, 1.54) is 39.7 Å². The van der Waals surface area contributed by atoms with Crippen molar-refractivity contribution in [2.45, 2.75) is 31.2 Å². The van der Waals surface area contributed by atoms with Gasteiger partial charge >= 0.3 is 0 Å². The average Bonchev–Trinajstić information content (AvgIpc) is 3.52. The predicted molar refractivity (Wildman–Crippen MR) is 136 cm³/mol. The molecule has 2 aromatic rings. The summed E-state index contributed by atoms with van der Waals surface area (Å²) in [5.74, 6) is -1.51. The van der Waals surface area contributed by atoms with Gasteiger partial charge in [0.2, 0.25) is 10.0 Å². The number of rotatable bonds is 10. The molecule has 0 bridgehead atoms. The van der Waals surface area contributed by atoms with E-state index in [1.807, 2.05) is 0 Å². The quantitative estimate of drug-likeness (QED) is 0.282. The Morgan fingerprint density at radius 1 is 1.05 bits per heavy atom. The van der Waals surface area contributed by atoms with Gasteiger partial charge in [-0.05, 0) is 42.8 Å². The molecule has 37 heavy (non-hydrogen) atoms. The molecule has 0 aliphatic carbocycles. The van der Waals surface area contributed by atoms with Crippen LogP contribution in [0.15, 0.2) is 57.5 Å². The van der Waals surface area contributed by atoms with Gasteiger partial charge in [-0.2, -0.15) is 4.31 Å². The maximum atomic E-state index is 13.1. The number of amides is 1. The summed E-state index contributed by atoms with van der Waals surface area (Å²) in [6, 6.07) is 8.12. The molecule has 1 aromatic carbocycles. The standard InChI is InChI=1S/C26H33N3O7S/c1-3-28(4-2)37(33,34)20-10-8-19(9-11-20)24(30)22-23(21-7-5-16-36-21)29(26(32)25(22)31)13-6-12-27-14-17-35-18-15-27/h5,7-11,16,23,30H,3-4,6,12-15,17-18H2,1-2H3/t23-/m0/s1. The van der Waals surface area contributed by atoms with Crippen LogP contribution < -0.4 is 0 Å². The first-order valence-corrected chi connectivity index (χ1v) is 14.0. The number of carbonyl (C=O) groups excluding carboxylic acids is 2. The third-order valence-electron chi connectivity index (χ3n) is 6.80. The lowest BCUT2D eigenvalue weighted by atomic mass is 9.99. The van der Waals surface area contributed by atoms with Crippen LogP contribution in [0.5, 0.6) is 0 Å². The SMILES string of the molecule is CCN(CC)S(=O)(=O)c1ccc(C(O)=C2C(=O)C(=O)N(CCCN3CCOCC3)[C@H]2c2ccco2)cc1. The van der Waals surface area contributed by atoms with Gasteiger partial charge in [0.25, 0.3) is 11.7 Å². The van der Waals surface area contributed by atoms with Crippen LogP contribution in [0.3, 0.4) is 0 Å². The maximum absolute atomic E-state index is 13.1. The fraction of sp³-hybridized carbons (Fsp3) is 0.462. The van der Waals surface area contributed by atoms with Crippen molar-refractivity contribution in [2.75, 3.05) is 52.5 Å². The van der Waals surface area contributed by atoms with Gasteiger partial charge in [0.1, 0.15) is 17.6 Å². The fourth-order valence-electron chi connectivity index (χ4n) is 4.80. The van der Waals surface area contributed by atoms with Crippen molar-refractivity contribution in [1.82, 2.24) is 14.1 Å². The van der Waals surface area contributed by atoms with Gasteiger partial charge < -0.3 is 19.2 Å². The molecule has 2 saturated heterocycles. The normalized spacial score (nSPS) is 20.7. The van der Waals surface area contributed by atoms with E-state index in [0.29, 0.717) is 45.0 Å². The summed E-state index contributed by atoms with van der Waals surface area (Å²) in [6.45, 7) is 8.23. The van der Waals surface area contributed by atoms with Crippen molar-refractivity contribution in [2.24, 2.45) is 0 Å². The van der Waals surface area contributed by atoms with Gasteiger partial charge in [0, 0.05) is 44.8 Å². The van der Waals surface area contributed by atoms with Crippen molar-refractivity contribution in [3.05, 3.63) is 59.6 Å². The lowest BCUT2D eigenvalue weighted by Crippen LogP contribution is -2.38. The molecule has 2 aliphatic rings. The number of furan rings is 1. The van der Waals surface area contributed by atoms with E-state index in [0.717, 1.165) is 19.6 Å². The Morgan fingerprint density at radius 2 is 1.73 bits per heavy atom. The number of aliphatic hydroxyl groups is 1. The highest BCUT2D eigenvalue weighted by molar-refractivity contribution is 7.89. The zero-order valence-electron chi connectivity index (χ0n) is 21.1. The van der Waals surface area contributed by atoms with Crippen molar-refractivity contribution < 1.29 is 32.3 Å². The van der Waals surface area contributed by atoms with Crippen LogP contribution >= 0.6 is 0 Å². The molecule has 0 spiro atoms. The number of nitrogens with zero attached hydrogens (tertiary/aromatic N) is 3. The molecule has 200 valence electrons. The summed E-state index contributed by atoms with van der Waals surface area (Å²) < 4.78 is 37.9. The number of carbonyl (C=O) groups is 2. The Balaban J connectivity index is 1.62. The van der Waals surface area contributed by atoms with Crippen molar-refractivity contribution >= 4 is 27.5 Å². The van der Waals surface area contributed by atoms with Gasteiger partial charge in [-0.25, -0.2) is 8.42 Å². The summed E-state index contributed by atoms with van der Waals surface area (Å²) in [5.41, 5.74) is 0.159. The third kappa shape index (κ3) is 5.49. The molecular formula is C26H33N3O7S. The van der Waals surface area contributed by atoms with Crippen molar-refractivity contribution in [1.29, 1.82) is 0 Å². The van der Waals surface area contributed by atoms with E-state index in [9.17, 15) is 23.1 Å². The molecule has 1 aromatic heterocycles. The summed E-state index contributed by atoms with van der Waals surface area (Å²) >= 11 is 0. The first-order valence-electron chi connectivity index (χ1n) is 12.5. The van der Waals surface area contributed by atoms with Gasteiger partial charge in [-0.3, -0.25) is 14.5 Å². The van der Waals surface area contributed by atoms with E-state index < -0.39 is 27.8 Å². The van der Waals surface area contributed by atoms with E-state index in [-0.39, 0.29) is 21.8 Å². The second kappa shape index (κ2) is 11.6. The molecule has 1 N–H and O–H groups in total. The van der Waals surface area contributed by atoms with Gasteiger partial charge in [-0.1, -0.05) is 13.8 Å². The number of ether oxygens (including phenoxy) is 1. The first kappa shape index (κ1) is 27.1. The Bertz CT molecular complexity index is 1230. The summed E-state index contributed by atoms with van der Waals surface area (Å²) in [4.78, 5) is 29.9. The largest absolute Gasteiger partial charge is 0.507 e. The molecule has 0 radical (unpaired) electrons. The van der Waals surface area contributed by atoms with Crippen LogP contribution in [0, 0.1) is 0 Å². The van der Waals surface area contributed by atoms with Crippen molar-refractivity contribution in [3.63, 3.8) is 0 Å². The van der Waals surface area contributed by atoms with E-state index >= 15 is 0 Å². The molecule has 1 atom stereocenters. The van der Waals surface area contributed by atoms with Crippen LogP contribution in [0.1, 0.15) is 37.6 Å². The molecule has 3 heterocycles. The van der Waals surface area contributed by atoms with Crippen LogP contribution in [0.2, 0.25) is 0 Å². The highest BCUT2D eigenvalue weighted by Gasteiger charge is 2.47. The topological polar surface area (TPSA) is 121 Å². The van der Waals surface area contributed by atoms with Gasteiger partial charge in [-0.15, -0.1) is 0 Å². The minimum atomic E-state index is -3.68. The Labute approximate surface area is 217 Å². The second-order valence-electron chi connectivity index (χ2n) is 8.93. The minimum absolute atomic E-state index is 0.0781. The smallest absolute Gasteiger partial charge is 0.295 e. The van der Waals surface area contributed by atoms with E-state index in [2.05, 4.69) is 4.90 Å². The number of benzene rings is 1. The van der Waals surface area contributed by atoms with E-state index in [1.54, 1.807) is 26.0 Å². The predicted octanol–water partition coefficient (Wildman–Crippen LogP) is 2.45. The molecule has 1 amide bonds. The molecule has 10 nitrogen and oxygen atoms in total. The highest BCUT2D eigenvalue weighted by Crippen LogP contribution is 2.39. The average molecular weight is 532 g/mol. The minimum Gasteiger partial charge on any atom is -0.507 e. The summed E-state index contributed by atoms with van der Waals surface area (Å²) in [5, 5.41) is 11.2. The molecule has 2 aliphatic heterocycles. The maximum Gasteiger partial charge on any atom is 0.295 e. The number of sulfonamides is 1. The van der Waals surface area contributed by atoms with Gasteiger partial charge in [0.15, 0.2) is 0 Å². The number of morpholine rings is 1. The lowest BCUT2D eigenvalue weighted by molar-refractivity contribution is -0.140. The number of hydrogen-bond donors (Lipinski definition) is 1. The molecule has 0 saturated carbocycles. The Morgan fingerprint density at radius 3 is 2.32 bits per heavy atom. The first-order chi connectivity index (χ1) is 17.8. The highest BCUT2D eigenvalue weighted by atomic mass is 32.2. The summed E-state index contributed by atoms with van der Waals surface area (Å²) in [7, 11) is -3.68. The number of hydrogen-bond acceptors (Lipinski definition) is 8. The zero-order chi connectivity index (χ0) is 26.6. The molecular weight excluding hydrogens is 498 g/mol. The van der Waals surface area contributed by atoms with Gasteiger partial charge in [0.05, 0.1) is 29.9 Å². The Kier molecular flexibility index (Phi) is 8.48. The Hall–Kier alpha value is -2.99. The zero-order valence-corrected chi connectivity index (χ0v) is 21.9. The lowest BCUT2D eigenvalue weighted by Gasteiger charge is -2.28. The van der Waals surface area contributed by atoms with Crippen LogP contribution in [-0.4, -0.2) is 91.8 Å². The molecule has 2 fully saturated rings. The van der Waals surface area contributed by atoms with Crippen LogP contribution in [0.25, 0.3) is 5.76 Å². The fourth-order valence-corrected chi connectivity index (χ4v) is 6.25. The van der Waals surface area contributed by atoms with Crippen LogP contribution in [0.4, 0.5) is 0 Å².